The maximum Gasteiger partial charge on any atom is 0.216 e. The first kappa shape index (κ1) is 11.0. The Hall–Kier alpha value is -1.03. The van der Waals surface area contributed by atoms with Gasteiger partial charge in [0, 0.05) is 26.2 Å². The first-order valence-corrected chi connectivity index (χ1v) is 4.91. The summed E-state index contributed by atoms with van der Waals surface area (Å²) in [5.74, 6) is -0.000298. The Labute approximate surface area is 88.2 Å². The number of halogens is 1. The molecule has 0 bridgehead atoms. The van der Waals surface area contributed by atoms with Crippen LogP contribution in [0.3, 0.4) is 0 Å². The summed E-state index contributed by atoms with van der Waals surface area (Å²) in [6.07, 6.45) is 2.65. The molecule has 1 amide bonds. The van der Waals surface area contributed by atoms with Crippen molar-refractivity contribution in [3.8, 4) is 0 Å². The van der Waals surface area contributed by atoms with Gasteiger partial charge in [0.25, 0.3) is 0 Å². The van der Waals surface area contributed by atoms with Crippen molar-refractivity contribution in [3.63, 3.8) is 0 Å². The molecule has 1 aromatic rings. The number of nitrogens with one attached hydrogen (secondary N) is 1. The summed E-state index contributed by atoms with van der Waals surface area (Å²) in [6.45, 7) is 4.82. The Morgan fingerprint density at radius 1 is 1.71 bits per heavy atom. The first-order chi connectivity index (χ1) is 6.59. The van der Waals surface area contributed by atoms with Crippen molar-refractivity contribution in [3.05, 3.63) is 16.9 Å². The molecule has 0 atom stereocenters. The predicted molar refractivity (Wildman–Crippen MR) is 55.3 cm³/mol. The van der Waals surface area contributed by atoms with Crippen molar-refractivity contribution < 1.29 is 4.79 Å². The highest BCUT2D eigenvalue weighted by Crippen LogP contribution is 2.11. The van der Waals surface area contributed by atoms with E-state index in [1.807, 2.05) is 6.92 Å². The fourth-order valence-electron chi connectivity index (χ4n) is 1.11. The molecule has 0 spiro atoms. The van der Waals surface area contributed by atoms with Crippen LogP contribution in [0.5, 0.6) is 0 Å². The lowest BCUT2D eigenvalue weighted by Crippen LogP contribution is -2.22. The summed E-state index contributed by atoms with van der Waals surface area (Å²) in [6, 6.07) is 0. The van der Waals surface area contributed by atoms with Gasteiger partial charge >= 0.3 is 0 Å². The zero-order chi connectivity index (χ0) is 10.6. The van der Waals surface area contributed by atoms with Crippen LogP contribution in [0.1, 0.15) is 19.0 Å². The number of rotatable bonds is 4. The molecule has 78 valence electrons. The van der Waals surface area contributed by atoms with Gasteiger partial charge in [0.15, 0.2) is 0 Å². The molecule has 0 aliphatic heterocycles. The number of amides is 1. The van der Waals surface area contributed by atoms with Crippen LogP contribution in [0.15, 0.2) is 6.20 Å². The third-order valence-electron chi connectivity index (χ3n) is 1.82. The second-order valence-electron chi connectivity index (χ2n) is 3.16. The van der Waals surface area contributed by atoms with E-state index in [-0.39, 0.29) is 5.91 Å². The second kappa shape index (κ2) is 5.00. The van der Waals surface area contributed by atoms with Gasteiger partial charge in [0.05, 0.1) is 10.7 Å². The maximum atomic E-state index is 10.6. The summed E-state index contributed by atoms with van der Waals surface area (Å²) in [7, 11) is 0. The molecule has 0 radical (unpaired) electrons. The molecular formula is C9H14ClN3O. The maximum absolute atomic E-state index is 10.6. The number of carbonyl (C=O) groups is 1. The number of hydrogen-bond donors (Lipinski definition) is 1. The molecule has 0 aromatic carbocycles. The topological polar surface area (TPSA) is 46.9 Å². The molecule has 0 saturated carbocycles. The lowest BCUT2D eigenvalue weighted by Gasteiger charge is -2.01. The van der Waals surface area contributed by atoms with Crippen LogP contribution >= 0.6 is 11.6 Å². The highest BCUT2D eigenvalue weighted by atomic mass is 35.5. The number of aromatic nitrogens is 2. The lowest BCUT2D eigenvalue weighted by atomic mass is 10.4. The van der Waals surface area contributed by atoms with E-state index in [0.717, 1.165) is 18.7 Å². The van der Waals surface area contributed by atoms with Crippen molar-refractivity contribution in [2.75, 3.05) is 6.54 Å². The average molecular weight is 216 g/mol. The second-order valence-corrected chi connectivity index (χ2v) is 3.57. The van der Waals surface area contributed by atoms with E-state index < -0.39 is 0 Å². The van der Waals surface area contributed by atoms with Crippen molar-refractivity contribution in [1.29, 1.82) is 0 Å². The predicted octanol–water partition coefficient (Wildman–Crippen LogP) is 1.37. The van der Waals surface area contributed by atoms with E-state index in [2.05, 4.69) is 10.4 Å². The molecule has 1 N–H and O–H groups in total. The molecule has 14 heavy (non-hydrogen) atoms. The SMILES string of the molecule is CC(=O)NCCCn1cc(Cl)c(C)n1. The third-order valence-corrected chi connectivity index (χ3v) is 2.20. The molecule has 1 rings (SSSR count). The summed E-state index contributed by atoms with van der Waals surface area (Å²) in [4.78, 5) is 10.6. The smallest absolute Gasteiger partial charge is 0.216 e. The lowest BCUT2D eigenvalue weighted by molar-refractivity contribution is -0.118. The summed E-state index contributed by atoms with van der Waals surface area (Å²) in [5.41, 5.74) is 0.839. The van der Waals surface area contributed by atoms with Crippen LogP contribution in [0.2, 0.25) is 5.02 Å². The van der Waals surface area contributed by atoms with Crippen LogP contribution in [-0.4, -0.2) is 22.2 Å². The Kier molecular flexibility index (Phi) is 3.95. The van der Waals surface area contributed by atoms with Crippen LogP contribution in [0.4, 0.5) is 0 Å². The molecule has 4 nitrogen and oxygen atoms in total. The van der Waals surface area contributed by atoms with E-state index >= 15 is 0 Å². The summed E-state index contributed by atoms with van der Waals surface area (Å²) in [5, 5.41) is 7.61. The molecule has 5 heteroatoms. The summed E-state index contributed by atoms with van der Waals surface area (Å²) < 4.78 is 1.79. The number of carbonyl (C=O) groups excluding carboxylic acids is 1. The molecular weight excluding hydrogens is 202 g/mol. The minimum Gasteiger partial charge on any atom is -0.356 e. The fraction of sp³-hybridized carbons (Fsp3) is 0.556. The Morgan fingerprint density at radius 3 is 2.93 bits per heavy atom. The number of nitrogens with zero attached hydrogens (tertiary/aromatic N) is 2. The number of hydrogen-bond acceptors (Lipinski definition) is 2. The average Bonchev–Trinajstić information content (AvgIpc) is 2.40. The summed E-state index contributed by atoms with van der Waals surface area (Å²) >= 11 is 5.84. The van der Waals surface area contributed by atoms with Crippen molar-refractivity contribution >= 4 is 17.5 Å². The van der Waals surface area contributed by atoms with Gasteiger partial charge in [-0.15, -0.1) is 0 Å². The van der Waals surface area contributed by atoms with E-state index in [9.17, 15) is 4.79 Å². The Balaban J connectivity index is 2.28. The van der Waals surface area contributed by atoms with Gasteiger partial charge in [-0.3, -0.25) is 9.48 Å². The molecule has 1 aromatic heterocycles. The van der Waals surface area contributed by atoms with Crippen molar-refractivity contribution in [2.24, 2.45) is 0 Å². The van der Waals surface area contributed by atoms with Gasteiger partial charge in [-0.05, 0) is 13.3 Å². The van der Waals surface area contributed by atoms with Gasteiger partial charge in [0.2, 0.25) is 5.91 Å². The highest BCUT2D eigenvalue weighted by Gasteiger charge is 2.00. The minimum atomic E-state index is -0.000298. The van der Waals surface area contributed by atoms with Crippen molar-refractivity contribution in [2.45, 2.75) is 26.8 Å². The molecule has 0 aliphatic rings. The largest absolute Gasteiger partial charge is 0.356 e. The van der Waals surface area contributed by atoms with Crippen LogP contribution in [0, 0.1) is 6.92 Å². The monoisotopic (exact) mass is 215 g/mol. The molecule has 0 unspecified atom stereocenters. The van der Waals surface area contributed by atoms with E-state index in [0.29, 0.717) is 11.6 Å². The van der Waals surface area contributed by atoms with Gasteiger partial charge in [-0.1, -0.05) is 11.6 Å². The molecule has 0 aliphatic carbocycles. The van der Waals surface area contributed by atoms with Crippen LogP contribution in [-0.2, 0) is 11.3 Å². The quantitative estimate of drug-likeness (QED) is 0.772. The van der Waals surface area contributed by atoms with Gasteiger partial charge < -0.3 is 5.32 Å². The normalized spacial score (nSPS) is 10.2. The Morgan fingerprint density at radius 2 is 2.43 bits per heavy atom. The minimum absolute atomic E-state index is 0.000298. The molecule has 0 fully saturated rings. The van der Waals surface area contributed by atoms with Gasteiger partial charge in [0.1, 0.15) is 0 Å². The zero-order valence-electron chi connectivity index (χ0n) is 8.38. The van der Waals surface area contributed by atoms with Gasteiger partial charge in [-0.25, -0.2) is 0 Å². The zero-order valence-corrected chi connectivity index (χ0v) is 9.14. The van der Waals surface area contributed by atoms with E-state index in [4.69, 9.17) is 11.6 Å². The molecule has 0 saturated heterocycles. The van der Waals surface area contributed by atoms with Gasteiger partial charge in [-0.2, -0.15) is 5.10 Å². The first-order valence-electron chi connectivity index (χ1n) is 4.53. The third kappa shape index (κ3) is 3.38. The number of aryl methyl sites for hydroxylation is 2. The fourth-order valence-corrected chi connectivity index (χ4v) is 1.26. The molecule has 1 heterocycles. The van der Waals surface area contributed by atoms with E-state index in [1.165, 1.54) is 6.92 Å². The van der Waals surface area contributed by atoms with Crippen LogP contribution in [0.25, 0.3) is 0 Å². The van der Waals surface area contributed by atoms with E-state index in [1.54, 1.807) is 10.9 Å². The van der Waals surface area contributed by atoms with Crippen LogP contribution < -0.4 is 5.32 Å². The standard InChI is InChI=1S/C9H14ClN3O/c1-7-9(10)6-13(12-7)5-3-4-11-8(2)14/h6H,3-5H2,1-2H3,(H,11,14). The highest BCUT2D eigenvalue weighted by molar-refractivity contribution is 6.31. The van der Waals surface area contributed by atoms with Crippen molar-refractivity contribution in [1.82, 2.24) is 15.1 Å². The Bertz CT molecular complexity index is 302.